The van der Waals surface area contributed by atoms with E-state index in [0.29, 0.717) is 22.8 Å². The van der Waals surface area contributed by atoms with Crippen molar-refractivity contribution in [2.75, 3.05) is 14.2 Å². The summed E-state index contributed by atoms with van der Waals surface area (Å²) in [6.45, 7) is 3.19. The maximum atomic E-state index is 11.9. The number of amides is 2. The second kappa shape index (κ2) is 5.87. The number of ether oxygens (including phenoxy) is 2. The van der Waals surface area contributed by atoms with E-state index in [4.69, 9.17) is 9.47 Å². The fraction of sp³-hybridized carbons (Fsp3) is 0.333. The smallest absolute Gasteiger partial charge is 0.319 e. The van der Waals surface area contributed by atoms with E-state index in [9.17, 15) is 9.59 Å². The number of methoxy groups -OCH3 is 2. The van der Waals surface area contributed by atoms with Gasteiger partial charge < -0.3 is 20.1 Å². The SMILES string of the molecule is COc1ccc([C@@H]2NC(=O)NC(C)=C2C(C)=O)cc1OC. The number of Topliss-reactive ketones (excluding diaryl/α,β-unsaturated/α-hetero) is 1. The number of hydrogen-bond acceptors (Lipinski definition) is 4. The summed E-state index contributed by atoms with van der Waals surface area (Å²) in [7, 11) is 3.09. The normalized spacial score (nSPS) is 17.9. The number of nitrogens with one attached hydrogen (secondary N) is 2. The van der Waals surface area contributed by atoms with Crippen molar-refractivity contribution in [3.63, 3.8) is 0 Å². The first-order valence-corrected chi connectivity index (χ1v) is 6.49. The first-order chi connectivity index (χ1) is 9.97. The molecule has 0 radical (unpaired) electrons. The molecule has 0 unspecified atom stereocenters. The van der Waals surface area contributed by atoms with Gasteiger partial charge in [-0.3, -0.25) is 4.79 Å². The van der Waals surface area contributed by atoms with Crippen LogP contribution >= 0.6 is 0 Å². The number of allylic oxidation sites excluding steroid dienone is 1. The average molecular weight is 290 g/mol. The minimum Gasteiger partial charge on any atom is -0.493 e. The monoisotopic (exact) mass is 290 g/mol. The Morgan fingerprint density at radius 1 is 1.19 bits per heavy atom. The molecule has 0 saturated carbocycles. The molecule has 1 aliphatic heterocycles. The van der Waals surface area contributed by atoms with Crippen molar-refractivity contribution in [1.82, 2.24) is 10.6 Å². The zero-order valence-electron chi connectivity index (χ0n) is 12.4. The van der Waals surface area contributed by atoms with Crippen LogP contribution in [0.15, 0.2) is 29.5 Å². The zero-order valence-corrected chi connectivity index (χ0v) is 12.4. The van der Waals surface area contributed by atoms with Gasteiger partial charge in [0.15, 0.2) is 17.3 Å². The van der Waals surface area contributed by atoms with Crippen molar-refractivity contribution in [3.05, 3.63) is 35.0 Å². The van der Waals surface area contributed by atoms with Gasteiger partial charge in [0.05, 0.1) is 20.3 Å². The number of carbonyl (C=O) groups excluding carboxylic acids is 2. The summed E-state index contributed by atoms with van der Waals surface area (Å²) in [5, 5.41) is 5.37. The third-order valence-corrected chi connectivity index (χ3v) is 3.39. The lowest BCUT2D eigenvalue weighted by Crippen LogP contribution is -2.44. The van der Waals surface area contributed by atoms with E-state index in [0.717, 1.165) is 5.56 Å². The molecule has 0 aliphatic carbocycles. The van der Waals surface area contributed by atoms with Crippen LogP contribution < -0.4 is 20.1 Å². The standard InChI is InChI=1S/C15H18N2O4/c1-8-13(9(2)18)14(17-15(19)16-8)10-5-6-11(20-3)12(7-10)21-4/h5-7,14H,1-4H3,(H2,16,17,19)/t14-/m0/s1. The Bertz CT molecular complexity index is 622. The van der Waals surface area contributed by atoms with Gasteiger partial charge in [-0.2, -0.15) is 0 Å². The van der Waals surface area contributed by atoms with Gasteiger partial charge in [-0.25, -0.2) is 4.79 Å². The highest BCUT2D eigenvalue weighted by Crippen LogP contribution is 2.34. The lowest BCUT2D eigenvalue weighted by molar-refractivity contribution is -0.114. The van der Waals surface area contributed by atoms with Crippen LogP contribution in [0, 0.1) is 0 Å². The molecular formula is C15H18N2O4. The van der Waals surface area contributed by atoms with E-state index in [2.05, 4.69) is 10.6 Å². The van der Waals surface area contributed by atoms with Crippen molar-refractivity contribution in [2.24, 2.45) is 0 Å². The van der Waals surface area contributed by atoms with E-state index in [1.165, 1.54) is 14.0 Å². The van der Waals surface area contributed by atoms with Crippen molar-refractivity contribution >= 4 is 11.8 Å². The Kier molecular flexibility index (Phi) is 4.16. The summed E-state index contributed by atoms with van der Waals surface area (Å²) < 4.78 is 10.5. The van der Waals surface area contributed by atoms with Crippen LogP contribution in [-0.4, -0.2) is 26.0 Å². The molecule has 2 N–H and O–H groups in total. The predicted molar refractivity (Wildman–Crippen MR) is 77.3 cm³/mol. The number of carbonyl (C=O) groups is 2. The summed E-state index contributed by atoms with van der Waals surface area (Å²) in [4.78, 5) is 23.6. The molecule has 1 aliphatic rings. The fourth-order valence-electron chi connectivity index (χ4n) is 2.44. The summed E-state index contributed by atoms with van der Waals surface area (Å²) in [5.74, 6) is 1.04. The Morgan fingerprint density at radius 2 is 1.86 bits per heavy atom. The van der Waals surface area contributed by atoms with E-state index < -0.39 is 6.04 Å². The molecule has 2 rings (SSSR count). The molecule has 2 amide bonds. The van der Waals surface area contributed by atoms with Gasteiger partial charge in [-0.1, -0.05) is 6.07 Å². The molecule has 112 valence electrons. The third kappa shape index (κ3) is 2.84. The van der Waals surface area contributed by atoms with Crippen molar-refractivity contribution < 1.29 is 19.1 Å². The van der Waals surface area contributed by atoms with Crippen molar-refractivity contribution in [2.45, 2.75) is 19.9 Å². The largest absolute Gasteiger partial charge is 0.493 e. The van der Waals surface area contributed by atoms with Crippen molar-refractivity contribution in [1.29, 1.82) is 0 Å². The topological polar surface area (TPSA) is 76.7 Å². The van der Waals surface area contributed by atoms with Gasteiger partial charge in [0.2, 0.25) is 0 Å². The molecule has 1 atom stereocenters. The van der Waals surface area contributed by atoms with E-state index in [1.54, 1.807) is 32.2 Å². The molecular weight excluding hydrogens is 272 g/mol. The van der Waals surface area contributed by atoms with Gasteiger partial charge in [0, 0.05) is 11.3 Å². The maximum Gasteiger partial charge on any atom is 0.319 e. The molecule has 1 aromatic rings. The lowest BCUT2D eigenvalue weighted by Gasteiger charge is -2.28. The van der Waals surface area contributed by atoms with E-state index >= 15 is 0 Å². The van der Waals surface area contributed by atoms with Crippen LogP contribution in [0.25, 0.3) is 0 Å². The van der Waals surface area contributed by atoms with E-state index in [1.807, 2.05) is 0 Å². The minimum absolute atomic E-state index is 0.0974. The molecule has 1 heterocycles. The van der Waals surface area contributed by atoms with Gasteiger partial charge >= 0.3 is 6.03 Å². The van der Waals surface area contributed by atoms with Crippen LogP contribution in [0.1, 0.15) is 25.5 Å². The number of benzene rings is 1. The highest BCUT2D eigenvalue weighted by Gasteiger charge is 2.29. The van der Waals surface area contributed by atoms with E-state index in [-0.39, 0.29) is 11.8 Å². The summed E-state index contributed by atoms with van der Waals surface area (Å²) in [6.07, 6.45) is 0. The molecule has 0 bridgehead atoms. The molecule has 6 nitrogen and oxygen atoms in total. The van der Waals surface area contributed by atoms with Crippen LogP contribution in [0.5, 0.6) is 11.5 Å². The average Bonchev–Trinajstić information content (AvgIpc) is 2.45. The third-order valence-electron chi connectivity index (χ3n) is 3.39. The van der Waals surface area contributed by atoms with Gasteiger partial charge in [0.25, 0.3) is 0 Å². The van der Waals surface area contributed by atoms with Crippen LogP contribution in [0.3, 0.4) is 0 Å². The van der Waals surface area contributed by atoms with Gasteiger partial charge in [-0.05, 0) is 31.5 Å². The van der Waals surface area contributed by atoms with Gasteiger partial charge in [0.1, 0.15) is 0 Å². The zero-order chi connectivity index (χ0) is 15.6. The Hall–Kier alpha value is -2.50. The Morgan fingerprint density at radius 3 is 2.43 bits per heavy atom. The summed E-state index contributed by atoms with van der Waals surface area (Å²) in [5.41, 5.74) is 1.85. The Labute approximate surface area is 123 Å². The first-order valence-electron chi connectivity index (χ1n) is 6.49. The number of urea groups is 1. The number of ketones is 1. The number of rotatable bonds is 4. The lowest BCUT2D eigenvalue weighted by atomic mass is 9.93. The second-order valence-corrected chi connectivity index (χ2v) is 4.74. The molecule has 0 aromatic heterocycles. The summed E-state index contributed by atoms with van der Waals surface area (Å²) >= 11 is 0. The fourth-order valence-corrected chi connectivity index (χ4v) is 2.44. The van der Waals surface area contributed by atoms with Crippen LogP contribution in [-0.2, 0) is 4.79 Å². The first kappa shape index (κ1) is 14.9. The maximum absolute atomic E-state index is 11.9. The Balaban J connectivity index is 2.50. The molecule has 6 heteroatoms. The highest BCUT2D eigenvalue weighted by molar-refractivity contribution is 5.98. The summed E-state index contributed by atoms with van der Waals surface area (Å²) in [6, 6.07) is 4.46. The van der Waals surface area contributed by atoms with Gasteiger partial charge in [-0.15, -0.1) is 0 Å². The predicted octanol–water partition coefficient (Wildman–Crippen LogP) is 1.92. The van der Waals surface area contributed by atoms with Crippen LogP contribution in [0.2, 0.25) is 0 Å². The molecule has 21 heavy (non-hydrogen) atoms. The molecule has 0 fully saturated rings. The quantitative estimate of drug-likeness (QED) is 0.888. The van der Waals surface area contributed by atoms with Crippen LogP contribution in [0.4, 0.5) is 4.79 Å². The molecule has 1 aromatic carbocycles. The van der Waals surface area contributed by atoms with Crippen molar-refractivity contribution in [3.8, 4) is 11.5 Å². The second-order valence-electron chi connectivity index (χ2n) is 4.74. The minimum atomic E-state index is -0.504. The number of hydrogen-bond donors (Lipinski definition) is 2. The molecule has 0 spiro atoms. The highest BCUT2D eigenvalue weighted by atomic mass is 16.5. The molecule has 0 saturated heterocycles.